The Morgan fingerprint density at radius 2 is 1.60 bits per heavy atom. The van der Waals surface area contributed by atoms with E-state index in [1.807, 2.05) is 49.4 Å². The van der Waals surface area contributed by atoms with Gasteiger partial charge in [0.1, 0.15) is 11.9 Å². The second-order valence-corrected chi connectivity index (χ2v) is 11.9. The minimum atomic E-state index is -3.67. The molecule has 0 unspecified atom stereocenters. The molecular formula is C30H35ClFN3O4S. The van der Waals surface area contributed by atoms with Gasteiger partial charge in [-0.15, -0.1) is 0 Å². The van der Waals surface area contributed by atoms with Crippen LogP contribution < -0.4 is 9.62 Å². The third kappa shape index (κ3) is 9.34. The van der Waals surface area contributed by atoms with Gasteiger partial charge in [0, 0.05) is 37.5 Å². The van der Waals surface area contributed by atoms with Gasteiger partial charge in [-0.25, -0.2) is 12.8 Å². The Balaban J connectivity index is 1.85. The minimum absolute atomic E-state index is 0.00710. The van der Waals surface area contributed by atoms with Crippen LogP contribution in [0.2, 0.25) is 5.02 Å². The Morgan fingerprint density at radius 1 is 0.950 bits per heavy atom. The van der Waals surface area contributed by atoms with Crippen molar-refractivity contribution < 1.29 is 22.4 Å². The topological polar surface area (TPSA) is 86.8 Å². The second-order valence-electron chi connectivity index (χ2n) is 9.56. The molecule has 0 fully saturated rings. The number of sulfonamides is 1. The molecule has 10 heteroatoms. The van der Waals surface area contributed by atoms with Crippen LogP contribution in [0, 0.1) is 5.82 Å². The molecule has 7 nitrogen and oxygen atoms in total. The smallest absolute Gasteiger partial charge is 0.243 e. The van der Waals surface area contributed by atoms with Crippen LogP contribution in [0.4, 0.5) is 10.1 Å². The molecule has 0 saturated carbocycles. The molecule has 2 amide bonds. The molecule has 0 spiro atoms. The number of carbonyl (C=O) groups excluding carboxylic acids is 2. The monoisotopic (exact) mass is 587 g/mol. The SMILES string of the molecule is CCCNC(=O)[C@@H](Cc1ccccc1)N(Cc1ccc(Cl)cc1)C(=O)CCCN(c1ccc(F)cc1)S(C)(=O)=O. The van der Waals surface area contributed by atoms with E-state index in [9.17, 15) is 22.4 Å². The van der Waals surface area contributed by atoms with Crippen molar-refractivity contribution in [2.45, 2.75) is 45.2 Å². The maximum Gasteiger partial charge on any atom is 0.243 e. The van der Waals surface area contributed by atoms with Crippen molar-refractivity contribution in [2.24, 2.45) is 0 Å². The van der Waals surface area contributed by atoms with Gasteiger partial charge in [-0.1, -0.05) is 61.0 Å². The van der Waals surface area contributed by atoms with Gasteiger partial charge in [-0.2, -0.15) is 0 Å². The standard InChI is InChI=1S/C30H35ClFN3O4S/c1-3-19-33-30(37)28(21-23-8-5-4-6-9-23)34(22-24-11-13-25(31)14-12-24)29(36)10-7-20-35(40(2,38)39)27-17-15-26(32)16-18-27/h4-6,8-9,11-18,28H,3,7,10,19-22H2,1-2H3,(H,33,37)/t28-/m1/s1. The first kappa shape index (κ1) is 31.1. The number of benzene rings is 3. The Kier molecular flexibility index (Phi) is 11.5. The van der Waals surface area contributed by atoms with E-state index in [4.69, 9.17) is 11.6 Å². The Bertz CT molecular complexity index is 1350. The van der Waals surface area contributed by atoms with E-state index >= 15 is 0 Å². The molecule has 0 radical (unpaired) electrons. The molecule has 3 rings (SSSR count). The van der Waals surface area contributed by atoms with E-state index in [0.29, 0.717) is 23.7 Å². The molecule has 40 heavy (non-hydrogen) atoms. The number of carbonyl (C=O) groups is 2. The molecule has 1 atom stereocenters. The summed E-state index contributed by atoms with van der Waals surface area (Å²) >= 11 is 6.06. The maximum atomic E-state index is 13.7. The van der Waals surface area contributed by atoms with Crippen LogP contribution in [-0.2, 0) is 32.6 Å². The Hall–Kier alpha value is -3.43. The van der Waals surface area contributed by atoms with E-state index < -0.39 is 21.9 Å². The fourth-order valence-corrected chi connectivity index (χ4v) is 5.41. The molecule has 0 aliphatic heterocycles. The molecule has 214 valence electrons. The number of hydrogen-bond acceptors (Lipinski definition) is 4. The summed E-state index contributed by atoms with van der Waals surface area (Å²) in [4.78, 5) is 28.7. The predicted molar refractivity (Wildman–Crippen MR) is 157 cm³/mol. The third-order valence-corrected chi connectivity index (χ3v) is 7.80. The highest BCUT2D eigenvalue weighted by Gasteiger charge is 2.30. The number of halogens is 2. The number of rotatable bonds is 14. The van der Waals surface area contributed by atoms with Crippen molar-refractivity contribution in [3.63, 3.8) is 0 Å². The van der Waals surface area contributed by atoms with Crippen molar-refractivity contribution in [3.05, 3.63) is 101 Å². The minimum Gasteiger partial charge on any atom is -0.354 e. The van der Waals surface area contributed by atoms with Gasteiger partial charge in [-0.3, -0.25) is 13.9 Å². The Labute approximate surface area is 241 Å². The first-order chi connectivity index (χ1) is 19.1. The average molecular weight is 588 g/mol. The van der Waals surface area contributed by atoms with Crippen molar-refractivity contribution in [1.29, 1.82) is 0 Å². The van der Waals surface area contributed by atoms with Crippen molar-refractivity contribution in [1.82, 2.24) is 10.2 Å². The lowest BCUT2D eigenvalue weighted by Gasteiger charge is -2.32. The molecule has 0 aliphatic carbocycles. The molecule has 0 aromatic heterocycles. The summed E-state index contributed by atoms with van der Waals surface area (Å²) in [5, 5.41) is 3.49. The zero-order chi connectivity index (χ0) is 29.1. The normalized spacial score (nSPS) is 12.0. The summed E-state index contributed by atoms with van der Waals surface area (Å²) in [6.07, 6.45) is 2.35. The van der Waals surface area contributed by atoms with Gasteiger partial charge in [0.05, 0.1) is 11.9 Å². The van der Waals surface area contributed by atoms with Gasteiger partial charge >= 0.3 is 0 Å². The van der Waals surface area contributed by atoms with Gasteiger partial charge in [-0.05, 0) is 60.4 Å². The lowest BCUT2D eigenvalue weighted by molar-refractivity contribution is -0.141. The predicted octanol–water partition coefficient (Wildman–Crippen LogP) is 5.19. The molecular weight excluding hydrogens is 553 g/mol. The van der Waals surface area contributed by atoms with E-state index in [2.05, 4.69) is 5.32 Å². The van der Waals surface area contributed by atoms with Crippen LogP contribution in [0.1, 0.15) is 37.3 Å². The van der Waals surface area contributed by atoms with Crippen LogP contribution in [0.15, 0.2) is 78.9 Å². The molecule has 3 aromatic rings. The van der Waals surface area contributed by atoms with E-state index in [-0.39, 0.29) is 37.7 Å². The quantitative estimate of drug-likeness (QED) is 0.281. The first-order valence-corrected chi connectivity index (χ1v) is 15.4. The lowest BCUT2D eigenvalue weighted by Crippen LogP contribution is -2.50. The number of hydrogen-bond donors (Lipinski definition) is 1. The van der Waals surface area contributed by atoms with Gasteiger partial charge in [0.2, 0.25) is 21.8 Å². The fourth-order valence-electron chi connectivity index (χ4n) is 4.32. The van der Waals surface area contributed by atoms with Crippen molar-refractivity contribution >= 4 is 39.1 Å². The van der Waals surface area contributed by atoms with Crippen LogP contribution in [0.25, 0.3) is 0 Å². The molecule has 0 aliphatic rings. The first-order valence-electron chi connectivity index (χ1n) is 13.2. The average Bonchev–Trinajstić information content (AvgIpc) is 2.93. The van der Waals surface area contributed by atoms with E-state index in [1.54, 1.807) is 17.0 Å². The van der Waals surface area contributed by atoms with Gasteiger partial charge in [0.25, 0.3) is 0 Å². The maximum absolute atomic E-state index is 13.7. The summed E-state index contributed by atoms with van der Waals surface area (Å²) in [6, 6.07) is 21.0. The number of anilines is 1. The lowest BCUT2D eigenvalue weighted by atomic mass is 10.0. The van der Waals surface area contributed by atoms with E-state index in [1.165, 1.54) is 24.3 Å². The second kappa shape index (κ2) is 14.8. The van der Waals surface area contributed by atoms with Crippen LogP contribution >= 0.6 is 11.6 Å². The molecule has 0 bridgehead atoms. The molecule has 3 aromatic carbocycles. The van der Waals surface area contributed by atoms with Crippen LogP contribution in [0.3, 0.4) is 0 Å². The molecule has 1 N–H and O–H groups in total. The summed E-state index contributed by atoms with van der Waals surface area (Å²) < 4.78 is 39.5. The highest BCUT2D eigenvalue weighted by molar-refractivity contribution is 7.92. The fraction of sp³-hybridized carbons (Fsp3) is 0.333. The van der Waals surface area contributed by atoms with E-state index in [0.717, 1.165) is 28.1 Å². The van der Waals surface area contributed by atoms with Crippen LogP contribution in [-0.4, -0.2) is 50.5 Å². The largest absolute Gasteiger partial charge is 0.354 e. The summed E-state index contributed by atoms with van der Waals surface area (Å²) in [6.45, 7) is 2.64. The van der Waals surface area contributed by atoms with Crippen LogP contribution in [0.5, 0.6) is 0 Å². The number of amides is 2. The Morgan fingerprint density at radius 3 is 2.20 bits per heavy atom. The van der Waals surface area contributed by atoms with Gasteiger partial charge in [0.15, 0.2) is 0 Å². The summed E-state index contributed by atoms with van der Waals surface area (Å²) in [5.41, 5.74) is 2.03. The van der Waals surface area contributed by atoms with Gasteiger partial charge < -0.3 is 10.2 Å². The number of nitrogens with one attached hydrogen (secondary N) is 1. The zero-order valence-corrected chi connectivity index (χ0v) is 24.3. The summed E-state index contributed by atoms with van der Waals surface area (Å²) in [5.74, 6) is -1.01. The molecule has 0 heterocycles. The highest BCUT2D eigenvalue weighted by Crippen LogP contribution is 2.21. The summed E-state index contributed by atoms with van der Waals surface area (Å²) in [7, 11) is -3.67. The zero-order valence-electron chi connectivity index (χ0n) is 22.7. The van der Waals surface area contributed by atoms with Crippen molar-refractivity contribution in [3.8, 4) is 0 Å². The van der Waals surface area contributed by atoms with Crippen molar-refractivity contribution in [2.75, 3.05) is 23.7 Å². The third-order valence-electron chi connectivity index (χ3n) is 6.35. The molecule has 0 saturated heterocycles. The highest BCUT2D eigenvalue weighted by atomic mass is 35.5. The number of nitrogens with zero attached hydrogens (tertiary/aromatic N) is 2.